The average Bonchev–Trinajstić information content (AvgIpc) is 2.95. The second-order valence-electron chi connectivity index (χ2n) is 4.67. The van der Waals surface area contributed by atoms with E-state index in [1.54, 1.807) is 20.5 Å². The summed E-state index contributed by atoms with van der Waals surface area (Å²) in [5, 5.41) is 5.50. The zero-order valence-corrected chi connectivity index (χ0v) is 12.4. The van der Waals surface area contributed by atoms with Crippen molar-refractivity contribution in [2.45, 2.75) is 39.9 Å². The molecule has 2 heterocycles. The third-order valence-electron chi connectivity index (χ3n) is 3.17. The lowest BCUT2D eigenvalue weighted by Crippen LogP contribution is -2.28. The zero-order valence-electron chi connectivity index (χ0n) is 11.6. The highest BCUT2D eigenvalue weighted by molar-refractivity contribution is 7.10. The van der Waals surface area contributed by atoms with Crippen LogP contribution in [0.25, 0.3) is 0 Å². The number of hydrogen-bond donors (Lipinski definition) is 1. The molecule has 1 N–H and O–H groups in total. The summed E-state index contributed by atoms with van der Waals surface area (Å²) in [4.78, 5) is 13.3. The highest BCUT2D eigenvalue weighted by Gasteiger charge is 2.02. The van der Waals surface area contributed by atoms with Crippen LogP contribution in [0.4, 0.5) is 0 Å². The van der Waals surface area contributed by atoms with Crippen molar-refractivity contribution in [1.29, 1.82) is 0 Å². The molecule has 2 aromatic rings. The van der Waals surface area contributed by atoms with Gasteiger partial charge in [0.2, 0.25) is 0 Å². The molecular formula is C14H21N3OS. The first-order valence-corrected chi connectivity index (χ1v) is 7.59. The lowest BCUT2D eigenvalue weighted by Gasteiger charge is -2.05. The van der Waals surface area contributed by atoms with Gasteiger partial charge in [0.25, 0.3) is 0 Å². The van der Waals surface area contributed by atoms with Crippen LogP contribution in [0.2, 0.25) is 0 Å². The first-order chi connectivity index (χ1) is 9.22. The number of nitrogens with zero attached hydrogens (tertiary/aromatic N) is 2. The summed E-state index contributed by atoms with van der Waals surface area (Å²) in [6.07, 6.45) is 4.73. The van der Waals surface area contributed by atoms with Crippen LogP contribution in [0.5, 0.6) is 0 Å². The van der Waals surface area contributed by atoms with Gasteiger partial charge in [0, 0.05) is 43.4 Å². The molecule has 0 bridgehead atoms. The molecular weight excluding hydrogens is 258 g/mol. The molecule has 0 aliphatic heterocycles. The Morgan fingerprint density at radius 1 is 1.26 bits per heavy atom. The van der Waals surface area contributed by atoms with E-state index in [4.69, 9.17) is 0 Å². The zero-order chi connectivity index (χ0) is 13.7. The maximum absolute atomic E-state index is 11.9. The summed E-state index contributed by atoms with van der Waals surface area (Å²) >= 11 is 1.77. The summed E-state index contributed by atoms with van der Waals surface area (Å²) in [7, 11) is 0. The van der Waals surface area contributed by atoms with Gasteiger partial charge in [-0.05, 0) is 30.4 Å². The van der Waals surface area contributed by atoms with Gasteiger partial charge in [-0.2, -0.15) is 0 Å². The molecule has 0 radical (unpaired) electrons. The van der Waals surface area contributed by atoms with Gasteiger partial charge in [-0.3, -0.25) is 9.13 Å². The predicted molar refractivity (Wildman–Crippen MR) is 79.7 cm³/mol. The van der Waals surface area contributed by atoms with Gasteiger partial charge in [0.15, 0.2) is 0 Å². The number of hydrogen-bond acceptors (Lipinski definition) is 3. The van der Waals surface area contributed by atoms with Crippen molar-refractivity contribution in [2.24, 2.45) is 0 Å². The Hall–Kier alpha value is -1.33. The monoisotopic (exact) mass is 279 g/mol. The Kier molecular flexibility index (Phi) is 4.99. The average molecular weight is 279 g/mol. The number of aromatic nitrogens is 2. The van der Waals surface area contributed by atoms with E-state index < -0.39 is 0 Å². The quantitative estimate of drug-likeness (QED) is 0.789. The molecule has 0 atom stereocenters. The molecule has 0 aliphatic carbocycles. The van der Waals surface area contributed by atoms with Crippen molar-refractivity contribution in [3.63, 3.8) is 0 Å². The van der Waals surface area contributed by atoms with Gasteiger partial charge >= 0.3 is 5.69 Å². The highest BCUT2D eigenvalue weighted by Crippen LogP contribution is 2.14. The molecule has 5 heteroatoms. The van der Waals surface area contributed by atoms with Gasteiger partial charge in [0.05, 0.1) is 0 Å². The summed E-state index contributed by atoms with van der Waals surface area (Å²) in [6.45, 7) is 7.42. The standard InChI is InChI=1S/C14H21N3OS/c1-3-6-16-8-9-17(14(16)18)7-5-15-11-13-12(2)4-10-19-13/h4,8-10,15H,3,5-7,11H2,1-2H3. The minimum atomic E-state index is 0.0935. The third-order valence-corrected chi connectivity index (χ3v) is 4.19. The van der Waals surface area contributed by atoms with E-state index in [0.29, 0.717) is 0 Å². The van der Waals surface area contributed by atoms with Gasteiger partial charge in [-0.1, -0.05) is 6.92 Å². The maximum atomic E-state index is 11.9. The molecule has 19 heavy (non-hydrogen) atoms. The Balaban J connectivity index is 1.80. The molecule has 0 amide bonds. The van der Waals surface area contributed by atoms with Crippen molar-refractivity contribution in [2.75, 3.05) is 6.54 Å². The van der Waals surface area contributed by atoms with Crippen LogP contribution in [0, 0.1) is 6.92 Å². The minimum absolute atomic E-state index is 0.0935. The Labute approximate surface area is 117 Å². The van der Waals surface area contributed by atoms with Gasteiger partial charge < -0.3 is 5.32 Å². The Morgan fingerprint density at radius 3 is 2.63 bits per heavy atom. The molecule has 0 spiro atoms. The normalized spacial score (nSPS) is 11.1. The number of aryl methyl sites for hydroxylation is 2. The molecule has 104 valence electrons. The van der Waals surface area contributed by atoms with Crippen LogP contribution >= 0.6 is 11.3 Å². The lowest BCUT2D eigenvalue weighted by molar-refractivity contribution is 0.563. The van der Waals surface area contributed by atoms with E-state index in [-0.39, 0.29) is 5.69 Å². The van der Waals surface area contributed by atoms with Crippen LogP contribution < -0.4 is 11.0 Å². The number of thiophene rings is 1. The van der Waals surface area contributed by atoms with E-state index in [9.17, 15) is 4.79 Å². The van der Waals surface area contributed by atoms with Crippen molar-refractivity contribution >= 4 is 11.3 Å². The molecule has 0 fully saturated rings. The van der Waals surface area contributed by atoms with Crippen LogP contribution in [0.15, 0.2) is 28.6 Å². The van der Waals surface area contributed by atoms with E-state index in [1.807, 2.05) is 12.4 Å². The Morgan fingerprint density at radius 2 is 2.00 bits per heavy atom. The molecule has 2 rings (SSSR count). The molecule has 2 aromatic heterocycles. The molecule has 0 saturated heterocycles. The Bertz CT molecular complexity index is 567. The molecule has 0 saturated carbocycles. The van der Waals surface area contributed by atoms with Gasteiger partial charge in [0.1, 0.15) is 0 Å². The predicted octanol–water partition coefficient (Wildman–Crippen LogP) is 2.22. The highest BCUT2D eigenvalue weighted by atomic mass is 32.1. The fourth-order valence-electron chi connectivity index (χ4n) is 2.02. The summed E-state index contributed by atoms with van der Waals surface area (Å²) < 4.78 is 3.54. The number of nitrogens with one attached hydrogen (secondary N) is 1. The summed E-state index contributed by atoms with van der Waals surface area (Å²) in [5.74, 6) is 0. The topological polar surface area (TPSA) is 39.0 Å². The van der Waals surface area contributed by atoms with Crippen molar-refractivity contribution < 1.29 is 0 Å². The molecule has 0 unspecified atom stereocenters. The SMILES string of the molecule is CCCn1ccn(CCNCc2sccc2C)c1=O. The van der Waals surface area contributed by atoms with E-state index >= 15 is 0 Å². The van der Waals surface area contributed by atoms with Crippen LogP contribution in [0.1, 0.15) is 23.8 Å². The van der Waals surface area contributed by atoms with Crippen LogP contribution in [-0.2, 0) is 19.6 Å². The van der Waals surface area contributed by atoms with Gasteiger partial charge in [-0.15, -0.1) is 11.3 Å². The van der Waals surface area contributed by atoms with Crippen LogP contribution in [0.3, 0.4) is 0 Å². The lowest BCUT2D eigenvalue weighted by atomic mass is 10.3. The number of imidazole rings is 1. The fraction of sp³-hybridized carbons (Fsp3) is 0.500. The van der Waals surface area contributed by atoms with E-state index in [2.05, 4.69) is 30.6 Å². The van der Waals surface area contributed by atoms with E-state index in [1.165, 1.54) is 10.4 Å². The smallest absolute Gasteiger partial charge is 0.310 e. The van der Waals surface area contributed by atoms with E-state index in [0.717, 1.165) is 32.6 Å². The molecule has 4 nitrogen and oxygen atoms in total. The third kappa shape index (κ3) is 3.58. The summed E-state index contributed by atoms with van der Waals surface area (Å²) in [6, 6.07) is 2.14. The van der Waals surface area contributed by atoms with Crippen molar-refractivity contribution in [3.8, 4) is 0 Å². The first kappa shape index (κ1) is 14.1. The summed E-state index contributed by atoms with van der Waals surface area (Å²) in [5.41, 5.74) is 1.43. The minimum Gasteiger partial charge on any atom is -0.310 e. The molecule has 0 aromatic carbocycles. The first-order valence-electron chi connectivity index (χ1n) is 6.71. The van der Waals surface area contributed by atoms with Crippen molar-refractivity contribution in [3.05, 3.63) is 44.8 Å². The number of rotatable bonds is 7. The maximum Gasteiger partial charge on any atom is 0.328 e. The molecule has 0 aliphatic rings. The second kappa shape index (κ2) is 6.73. The van der Waals surface area contributed by atoms with Gasteiger partial charge in [-0.25, -0.2) is 4.79 Å². The largest absolute Gasteiger partial charge is 0.328 e. The van der Waals surface area contributed by atoms with Crippen LogP contribution in [-0.4, -0.2) is 15.7 Å². The fourth-order valence-corrected chi connectivity index (χ4v) is 2.90. The second-order valence-corrected chi connectivity index (χ2v) is 5.67. The van der Waals surface area contributed by atoms with Crippen molar-refractivity contribution in [1.82, 2.24) is 14.5 Å².